The van der Waals surface area contributed by atoms with Crippen LogP contribution in [0, 0.1) is 5.92 Å². The van der Waals surface area contributed by atoms with Crippen molar-refractivity contribution in [3.8, 4) is 0 Å². The lowest BCUT2D eigenvalue weighted by molar-refractivity contribution is 0.199. The molecule has 0 aliphatic heterocycles. The lowest BCUT2D eigenvalue weighted by Crippen LogP contribution is -2.50. The maximum absolute atomic E-state index is 3.79. The Kier molecular flexibility index (Phi) is 5.04. The van der Waals surface area contributed by atoms with Crippen molar-refractivity contribution in [1.29, 1.82) is 0 Å². The van der Waals surface area contributed by atoms with Crippen LogP contribution >= 0.6 is 0 Å². The lowest BCUT2D eigenvalue weighted by Gasteiger charge is -2.42. The van der Waals surface area contributed by atoms with Crippen molar-refractivity contribution in [2.24, 2.45) is 5.92 Å². The van der Waals surface area contributed by atoms with E-state index in [2.05, 4.69) is 56.4 Å². The molecule has 0 radical (unpaired) electrons. The van der Waals surface area contributed by atoms with Gasteiger partial charge in [0, 0.05) is 11.5 Å². The molecule has 1 aliphatic carbocycles. The third-order valence-electron chi connectivity index (χ3n) is 4.84. The van der Waals surface area contributed by atoms with Gasteiger partial charge in [-0.1, -0.05) is 70.4 Å². The van der Waals surface area contributed by atoms with Crippen LogP contribution in [0.1, 0.15) is 58.4 Å². The first-order chi connectivity index (χ1) is 9.16. The first-order valence-electron chi connectivity index (χ1n) is 7.95. The van der Waals surface area contributed by atoms with Crippen LogP contribution in [0.5, 0.6) is 0 Å². The van der Waals surface area contributed by atoms with Crippen LogP contribution < -0.4 is 5.32 Å². The Morgan fingerprint density at radius 3 is 2.32 bits per heavy atom. The molecule has 1 heteroatoms. The Morgan fingerprint density at radius 1 is 1.11 bits per heavy atom. The van der Waals surface area contributed by atoms with Gasteiger partial charge in [0.05, 0.1) is 0 Å². The quantitative estimate of drug-likeness (QED) is 0.819. The van der Waals surface area contributed by atoms with Gasteiger partial charge in [0.15, 0.2) is 0 Å². The van der Waals surface area contributed by atoms with E-state index in [1.165, 1.54) is 37.7 Å². The first-order valence-corrected chi connectivity index (χ1v) is 7.95. The van der Waals surface area contributed by atoms with Crippen LogP contribution in [-0.2, 0) is 5.41 Å². The normalized spacial score (nSPS) is 19.3. The van der Waals surface area contributed by atoms with Gasteiger partial charge in [-0.25, -0.2) is 0 Å². The van der Waals surface area contributed by atoms with Crippen molar-refractivity contribution in [1.82, 2.24) is 5.32 Å². The van der Waals surface area contributed by atoms with Crippen LogP contribution in [0.15, 0.2) is 30.3 Å². The second kappa shape index (κ2) is 6.56. The van der Waals surface area contributed by atoms with E-state index in [4.69, 9.17) is 0 Å². The summed E-state index contributed by atoms with van der Waals surface area (Å²) in [6, 6.07) is 11.6. The lowest BCUT2D eigenvalue weighted by atomic mass is 9.69. The zero-order valence-corrected chi connectivity index (χ0v) is 12.8. The molecule has 0 spiro atoms. The molecule has 1 aliphatic rings. The fourth-order valence-electron chi connectivity index (χ4n) is 3.75. The standard InChI is InChI=1S/C18H29N/c1-4-19-17(15-11-7-5-8-12-15)18(2,3)16-13-9-6-10-14-16/h6,9-10,13-15,17,19H,4-5,7-8,11-12H2,1-3H3. The molecule has 1 N–H and O–H groups in total. The van der Waals surface area contributed by atoms with Gasteiger partial charge in [-0.3, -0.25) is 0 Å². The number of hydrogen-bond acceptors (Lipinski definition) is 1. The third-order valence-corrected chi connectivity index (χ3v) is 4.84. The van der Waals surface area contributed by atoms with E-state index in [0.717, 1.165) is 12.5 Å². The highest BCUT2D eigenvalue weighted by Gasteiger charge is 2.36. The minimum absolute atomic E-state index is 0.208. The van der Waals surface area contributed by atoms with E-state index in [1.807, 2.05) is 0 Å². The predicted octanol–water partition coefficient (Wildman–Crippen LogP) is 4.52. The number of hydrogen-bond donors (Lipinski definition) is 1. The Bertz CT molecular complexity index is 363. The van der Waals surface area contributed by atoms with E-state index >= 15 is 0 Å². The highest BCUT2D eigenvalue weighted by atomic mass is 14.9. The average Bonchev–Trinajstić information content (AvgIpc) is 2.46. The van der Waals surface area contributed by atoms with Crippen molar-refractivity contribution in [2.45, 2.75) is 64.3 Å². The van der Waals surface area contributed by atoms with Crippen molar-refractivity contribution in [3.05, 3.63) is 35.9 Å². The molecular weight excluding hydrogens is 230 g/mol. The number of likely N-dealkylation sites (N-methyl/N-ethyl adjacent to an activating group) is 1. The highest BCUT2D eigenvalue weighted by molar-refractivity contribution is 5.26. The molecule has 1 atom stereocenters. The Hall–Kier alpha value is -0.820. The van der Waals surface area contributed by atoms with Crippen molar-refractivity contribution < 1.29 is 0 Å². The maximum Gasteiger partial charge on any atom is 0.0187 e. The third kappa shape index (κ3) is 3.39. The zero-order valence-electron chi connectivity index (χ0n) is 12.8. The SMILES string of the molecule is CCNC(C1CCCCC1)C(C)(C)c1ccccc1. The van der Waals surface area contributed by atoms with Crippen molar-refractivity contribution in [2.75, 3.05) is 6.54 Å². The number of benzene rings is 1. The fourth-order valence-corrected chi connectivity index (χ4v) is 3.75. The van der Waals surface area contributed by atoms with Crippen LogP contribution in [0.3, 0.4) is 0 Å². The van der Waals surface area contributed by atoms with Crippen molar-refractivity contribution in [3.63, 3.8) is 0 Å². The van der Waals surface area contributed by atoms with Gasteiger partial charge in [0.2, 0.25) is 0 Å². The molecule has 1 fully saturated rings. The molecule has 0 saturated heterocycles. The second-order valence-electron chi connectivity index (χ2n) is 6.52. The average molecular weight is 259 g/mol. The van der Waals surface area contributed by atoms with Gasteiger partial charge >= 0.3 is 0 Å². The molecular formula is C18H29N. The van der Waals surface area contributed by atoms with E-state index in [-0.39, 0.29) is 5.41 Å². The summed E-state index contributed by atoms with van der Waals surface area (Å²) in [5, 5.41) is 3.79. The van der Waals surface area contributed by atoms with Crippen molar-refractivity contribution >= 4 is 0 Å². The summed E-state index contributed by atoms with van der Waals surface area (Å²) in [6.07, 6.45) is 7.05. The summed E-state index contributed by atoms with van der Waals surface area (Å²) in [5.41, 5.74) is 1.67. The monoisotopic (exact) mass is 259 g/mol. The van der Waals surface area contributed by atoms with Gasteiger partial charge in [-0.2, -0.15) is 0 Å². The van der Waals surface area contributed by atoms with Gasteiger partial charge in [0.25, 0.3) is 0 Å². The van der Waals surface area contributed by atoms with Gasteiger partial charge < -0.3 is 5.32 Å². The molecule has 1 aromatic rings. The molecule has 0 bridgehead atoms. The number of nitrogens with one attached hydrogen (secondary N) is 1. The van der Waals surface area contributed by atoms with Gasteiger partial charge in [0.1, 0.15) is 0 Å². The molecule has 1 unspecified atom stereocenters. The summed E-state index contributed by atoms with van der Waals surface area (Å²) in [4.78, 5) is 0. The van der Waals surface area contributed by atoms with Crippen LogP contribution in [0.2, 0.25) is 0 Å². The number of rotatable bonds is 5. The summed E-state index contributed by atoms with van der Waals surface area (Å²) in [7, 11) is 0. The Morgan fingerprint density at radius 2 is 1.74 bits per heavy atom. The fraction of sp³-hybridized carbons (Fsp3) is 0.667. The molecule has 106 valence electrons. The minimum Gasteiger partial charge on any atom is -0.313 e. The molecule has 1 nitrogen and oxygen atoms in total. The van der Waals surface area contributed by atoms with Crippen LogP contribution in [0.4, 0.5) is 0 Å². The zero-order chi connectivity index (χ0) is 13.7. The summed E-state index contributed by atoms with van der Waals surface area (Å²) < 4.78 is 0. The van der Waals surface area contributed by atoms with E-state index < -0.39 is 0 Å². The Labute approximate surface area is 118 Å². The molecule has 1 saturated carbocycles. The second-order valence-corrected chi connectivity index (χ2v) is 6.52. The van der Waals surface area contributed by atoms with Gasteiger partial charge in [-0.15, -0.1) is 0 Å². The van der Waals surface area contributed by atoms with E-state index in [9.17, 15) is 0 Å². The molecule has 2 rings (SSSR count). The van der Waals surface area contributed by atoms with Crippen LogP contribution in [-0.4, -0.2) is 12.6 Å². The topological polar surface area (TPSA) is 12.0 Å². The molecule has 19 heavy (non-hydrogen) atoms. The first kappa shape index (κ1) is 14.6. The highest BCUT2D eigenvalue weighted by Crippen LogP contribution is 2.37. The van der Waals surface area contributed by atoms with Gasteiger partial charge in [-0.05, 0) is 30.9 Å². The minimum atomic E-state index is 0.208. The maximum atomic E-state index is 3.79. The summed E-state index contributed by atoms with van der Waals surface area (Å²) in [5.74, 6) is 0.837. The van der Waals surface area contributed by atoms with E-state index in [0.29, 0.717) is 6.04 Å². The smallest absolute Gasteiger partial charge is 0.0187 e. The molecule has 0 amide bonds. The van der Waals surface area contributed by atoms with Crippen LogP contribution in [0.25, 0.3) is 0 Å². The van der Waals surface area contributed by atoms with E-state index in [1.54, 1.807) is 0 Å². The predicted molar refractivity (Wildman–Crippen MR) is 83.5 cm³/mol. The molecule has 0 heterocycles. The summed E-state index contributed by atoms with van der Waals surface area (Å²) in [6.45, 7) is 8.11. The largest absolute Gasteiger partial charge is 0.313 e. The molecule has 0 aromatic heterocycles. The summed E-state index contributed by atoms with van der Waals surface area (Å²) >= 11 is 0. The Balaban J connectivity index is 2.21. The molecule has 1 aromatic carbocycles.